The van der Waals surface area contributed by atoms with Crippen molar-refractivity contribution in [3.05, 3.63) is 11.6 Å². The molecule has 0 fully saturated rings. The fraction of sp³-hybridized carbons (Fsp3) is 0.870. The van der Waals surface area contributed by atoms with Crippen molar-refractivity contribution in [1.82, 2.24) is 4.72 Å². The molecule has 0 saturated carbocycles. The molecule has 1 nitrogen and oxygen atoms in total. The second-order valence-electron chi connectivity index (χ2n) is 8.60. The summed E-state index contributed by atoms with van der Waals surface area (Å²) in [5.74, 6) is 3.67. The second kappa shape index (κ2) is 17.1. The van der Waals surface area contributed by atoms with E-state index in [1.54, 1.807) is 11.9 Å². The van der Waals surface area contributed by atoms with Crippen LogP contribution in [0.25, 0.3) is 0 Å². The van der Waals surface area contributed by atoms with E-state index in [0.717, 1.165) is 34.9 Å². The van der Waals surface area contributed by atoms with Crippen LogP contribution in [-0.4, -0.2) is 10.7 Å². The van der Waals surface area contributed by atoms with Gasteiger partial charge in [0.1, 0.15) is 0 Å². The topological polar surface area (TPSA) is 12.0 Å². The van der Waals surface area contributed by atoms with Crippen molar-refractivity contribution in [3.63, 3.8) is 0 Å². The Labute approximate surface area is 174 Å². The molecule has 26 heavy (non-hydrogen) atoms. The molecule has 0 radical (unpaired) electrons. The first-order chi connectivity index (χ1) is 12.3. The molecule has 0 bridgehead atoms. The summed E-state index contributed by atoms with van der Waals surface area (Å²) in [6, 6.07) is 0. The minimum Gasteiger partial charge on any atom is -0.324 e. The van der Waals surface area contributed by atoms with Gasteiger partial charge in [0.2, 0.25) is 0 Å². The number of allylic oxidation sites excluding steroid dienone is 1. The average molecular weight is 400 g/mol. The van der Waals surface area contributed by atoms with Crippen LogP contribution < -0.4 is 4.72 Å². The van der Waals surface area contributed by atoms with Gasteiger partial charge in [0, 0.05) is 5.75 Å². The smallest absolute Gasteiger partial charge is 0.0849 e. The van der Waals surface area contributed by atoms with Gasteiger partial charge in [0.25, 0.3) is 0 Å². The number of nitrogens with one attached hydrogen (secondary N) is 1. The molecule has 2 unspecified atom stereocenters. The van der Waals surface area contributed by atoms with E-state index in [1.165, 1.54) is 63.4 Å². The van der Waals surface area contributed by atoms with Gasteiger partial charge in [-0.3, -0.25) is 0 Å². The summed E-state index contributed by atoms with van der Waals surface area (Å²) in [5.41, 5.74) is 1.52. The summed E-state index contributed by atoms with van der Waals surface area (Å²) in [6.45, 7) is 13.9. The fourth-order valence-electron chi connectivity index (χ4n) is 3.19. The van der Waals surface area contributed by atoms with Crippen LogP contribution in [0.1, 0.15) is 106 Å². The van der Waals surface area contributed by atoms with Crippen LogP contribution in [0.4, 0.5) is 0 Å². The molecular formula is C23H45NS2. The van der Waals surface area contributed by atoms with Gasteiger partial charge >= 0.3 is 0 Å². The molecule has 0 aliphatic rings. The van der Waals surface area contributed by atoms with Crippen molar-refractivity contribution >= 4 is 29.2 Å². The van der Waals surface area contributed by atoms with E-state index in [1.807, 2.05) is 0 Å². The summed E-state index contributed by atoms with van der Waals surface area (Å²) >= 11 is 6.87. The number of hydrogen-bond donors (Lipinski definition) is 1. The van der Waals surface area contributed by atoms with Crippen molar-refractivity contribution in [2.45, 2.75) is 106 Å². The average Bonchev–Trinajstić information content (AvgIpc) is 2.58. The zero-order valence-electron chi connectivity index (χ0n) is 18.4. The van der Waals surface area contributed by atoms with E-state index in [-0.39, 0.29) is 0 Å². The molecule has 0 heterocycles. The van der Waals surface area contributed by atoms with Gasteiger partial charge in [-0.15, -0.1) is 0 Å². The lowest BCUT2D eigenvalue weighted by Crippen LogP contribution is -2.11. The maximum atomic E-state index is 5.16. The van der Waals surface area contributed by atoms with Crippen molar-refractivity contribution in [2.24, 2.45) is 17.8 Å². The quantitative estimate of drug-likeness (QED) is 0.121. The highest BCUT2D eigenvalue weighted by Gasteiger charge is 2.06. The SMILES string of the molecule is CCC(=S)NSCC=C(C)CCCC(C)CCCC(C)CCCC(C)C. The van der Waals surface area contributed by atoms with Gasteiger partial charge < -0.3 is 4.72 Å². The third kappa shape index (κ3) is 17.4. The van der Waals surface area contributed by atoms with Gasteiger partial charge in [-0.1, -0.05) is 103 Å². The molecule has 0 aliphatic carbocycles. The summed E-state index contributed by atoms with van der Waals surface area (Å²) < 4.78 is 3.22. The predicted molar refractivity (Wildman–Crippen MR) is 127 cm³/mol. The standard InChI is InChI=1S/C23H45NS2/c1-7-23(25)24-26-18-17-22(6)16-10-15-21(5)14-9-13-20(4)12-8-11-19(2)3/h17,19-21H,7-16,18H2,1-6H3,(H,24,25). The molecule has 0 spiro atoms. The van der Waals surface area contributed by atoms with Crippen LogP contribution in [-0.2, 0) is 0 Å². The van der Waals surface area contributed by atoms with Crippen molar-refractivity contribution in [3.8, 4) is 0 Å². The number of thiocarbonyl (C=S) groups is 1. The van der Waals surface area contributed by atoms with E-state index in [0.29, 0.717) is 0 Å². The van der Waals surface area contributed by atoms with E-state index >= 15 is 0 Å². The summed E-state index contributed by atoms with van der Waals surface area (Å²) in [7, 11) is 0. The minimum absolute atomic E-state index is 0.864. The highest BCUT2D eigenvalue weighted by molar-refractivity contribution is 7.99. The van der Waals surface area contributed by atoms with Gasteiger partial charge in [0.05, 0.1) is 4.99 Å². The lowest BCUT2D eigenvalue weighted by atomic mass is 9.91. The summed E-state index contributed by atoms with van der Waals surface area (Å²) in [5, 5.41) is 0. The zero-order chi connectivity index (χ0) is 19.8. The van der Waals surface area contributed by atoms with Crippen molar-refractivity contribution < 1.29 is 0 Å². The Morgan fingerprint density at radius 2 is 1.46 bits per heavy atom. The summed E-state index contributed by atoms with van der Waals surface area (Å²) in [4.78, 5) is 0.948. The normalized spacial score (nSPS) is 14.5. The maximum absolute atomic E-state index is 5.16. The fourth-order valence-corrected chi connectivity index (χ4v) is 4.12. The van der Waals surface area contributed by atoms with Crippen molar-refractivity contribution in [1.29, 1.82) is 0 Å². The van der Waals surface area contributed by atoms with E-state index in [2.05, 4.69) is 52.3 Å². The number of rotatable bonds is 16. The lowest BCUT2D eigenvalue weighted by Gasteiger charge is -2.15. The highest BCUT2D eigenvalue weighted by Crippen LogP contribution is 2.22. The Morgan fingerprint density at radius 1 is 0.923 bits per heavy atom. The Hall–Kier alpha value is -0.0200. The third-order valence-electron chi connectivity index (χ3n) is 5.16. The van der Waals surface area contributed by atoms with E-state index in [4.69, 9.17) is 12.2 Å². The molecule has 2 atom stereocenters. The maximum Gasteiger partial charge on any atom is 0.0849 e. The van der Waals surface area contributed by atoms with Crippen LogP contribution in [0.15, 0.2) is 11.6 Å². The zero-order valence-corrected chi connectivity index (χ0v) is 20.0. The Morgan fingerprint density at radius 3 is 2.00 bits per heavy atom. The molecular weight excluding hydrogens is 354 g/mol. The molecule has 3 heteroatoms. The molecule has 0 aromatic rings. The highest BCUT2D eigenvalue weighted by atomic mass is 32.2. The predicted octanol–water partition coefficient (Wildman–Crippen LogP) is 8.35. The molecule has 1 N–H and O–H groups in total. The minimum atomic E-state index is 0.864. The third-order valence-corrected chi connectivity index (χ3v) is 6.41. The van der Waals surface area contributed by atoms with Crippen LogP contribution in [0.5, 0.6) is 0 Å². The van der Waals surface area contributed by atoms with Crippen LogP contribution in [0.2, 0.25) is 0 Å². The molecule has 0 saturated heterocycles. The van der Waals surface area contributed by atoms with Crippen LogP contribution >= 0.6 is 24.2 Å². The number of hydrogen-bond acceptors (Lipinski definition) is 2. The van der Waals surface area contributed by atoms with Crippen LogP contribution in [0, 0.1) is 17.8 Å². The van der Waals surface area contributed by atoms with E-state index < -0.39 is 0 Å². The lowest BCUT2D eigenvalue weighted by molar-refractivity contribution is 0.389. The molecule has 0 amide bonds. The first-order valence-electron chi connectivity index (χ1n) is 10.9. The molecule has 0 aliphatic heterocycles. The monoisotopic (exact) mass is 399 g/mol. The largest absolute Gasteiger partial charge is 0.324 e. The van der Waals surface area contributed by atoms with Gasteiger partial charge in [0.15, 0.2) is 0 Å². The molecule has 0 rings (SSSR count). The first kappa shape index (κ1) is 26.0. The molecule has 0 aromatic carbocycles. The summed E-state index contributed by atoms with van der Waals surface area (Å²) in [6.07, 6.45) is 15.7. The Kier molecular flexibility index (Phi) is 17.1. The van der Waals surface area contributed by atoms with E-state index in [9.17, 15) is 0 Å². The van der Waals surface area contributed by atoms with Gasteiger partial charge in [-0.2, -0.15) is 0 Å². The Balaban J connectivity index is 3.63. The van der Waals surface area contributed by atoms with Gasteiger partial charge in [-0.05, 0) is 55.9 Å². The molecule has 154 valence electrons. The Bertz CT molecular complexity index is 376. The first-order valence-corrected chi connectivity index (χ1v) is 12.3. The van der Waals surface area contributed by atoms with Crippen LogP contribution in [0.3, 0.4) is 0 Å². The molecule has 0 aromatic heterocycles. The van der Waals surface area contributed by atoms with Crippen molar-refractivity contribution in [2.75, 3.05) is 5.75 Å². The van der Waals surface area contributed by atoms with Gasteiger partial charge in [-0.25, -0.2) is 0 Å². The second-order valence-corrected chi connectivity index (χ2v) is 9.92.